The molecule has 6 heteroatoms. The van der Waals surface area contributed by atoms with Crippen LogP contribution in [0.5, 0.6) is 0 Å². The second kappa shape index (κ2) is 4.51. The molecule has 0 aliphatic carbocycles. The summed E-state index contributed by atoms with van der Waals surface area (Å²) in [5.74, 6) is -0.218. The first-order valence-electron chi connectivity index (χ1n) is 4.54. The van der Waals surface area contributed by atoms with E-state index >= 15 is 0 Å². The number of anilines is 1. The Balaban J connectivity index is 2.78. The number of alkyl halides is 3. The number of aromatic nitrogens is 1. The lowest BCUT2D eigenvalue weighted by atomic mass is 10.2. The van der Waals surface area contributed by atoms with Gasteiger partial charge in [-0.2, -0.15) is 13.2 Å². The minimum absolute atomic E-state index is 0.218. The standard InChI is InChI=1S/C10H11F3N2O/c1-7(16)9-4-3-8(5-14-9)15(2)6-10(11,12)13/h3-5H,6H2,1-2H3. The highest BCUT2D eigenvalue weighted by Gasteiger charge is 2.29. The average molecular weight is 232 g/mol. The van der Waals surface area contributed by atoms with Crippen molar-refractivity contribution in [2.45, 2.75) is 13.1 Å². The molecule has 3 nitrogen and oxygen atoms in total. The van der Waals surface area contributed by atoms with Gasteiger partial charge in [-0.15, -0.1) is 0 Å². The maximum absolute atomic E-state index is 12.1. The second-order valence-electron chi connectivity index (χ2n) is 3.43. The topological polar surface area (TPSA) is 33.2 Å². The van der Waals surface area contributed by atoms with Gasteiger partial charge in [-0.1, -0.05) is 0 Å². The molecule has 0 aliphatic heterocycles. The monoisotopic (exact) mass is 232 g/mol. The molecule has 88 valence electrons. The number of nitrogens with zero attached hydrogens (tertiary/aromatic N) is 2. The van der Waals surface area contributed by atoms with E-state index in [1.165, 1.54) is 32.3 Å². The van der Waals surface area contributed by atoms with Crippen LogP contribution in [0.2, 0.25) is 0 Å². The van der Waals surface area contributed by atoms with Gasteiger partial charge in [-0.05, 0) is 12.1 Å². The van der Waals surface area contributed by atoms with Crippen LogP contribution in [-0.2, 0) is 0 Å². The lowest BCUT2D eigenvalue weighted by Crippen LogP contribution is -2.30. The average Bonchev–Trinajstić information content (AvgIpc) is 2.15. The fraction of sp³-hybridized carbons (Fsp3) is 0.400. The first kappa shape index (κ1) is 12.5. The zero-order chi connectivity index (χ0) is 12.3. The van der Waals surface area contributed by atoms with Crippen LogP contribution in [0.3, 0.4) is 0 Å². The molecule has 0 unspecified atom stereocenters. The number of ketones is 1. The van der Waals surface area contributed by atoms with Crippen molar-refractivity contribution in [2.75, 3.05) is 18.5 Å². The van der Waals surface area contributed by atoms with Crippen LogP contribution in [-0.4, -0.2) is 30.5 Å². The Morgan fingerprint density at radius 1 is 1.44 bits per heavy atom. The highest BCUT2D eigenvalue weighted by Crippen LogP contribution is 2.20. The maximum Gasteiger partial charge on any atom is 0.405 e. The third-order valence-electron chi connectivity index (χ3n) is 1.97. The molecule has 0 spiro atoms. The zero-order valence-electron chi connectivity index (χ0n) is 8.88. The Hall–Kier alpha value is -1.59. The van der Waals surface area contributed by atoms with Gasteiger partial charge < -0.3 is 4.90 Å². The molecular formula is C10H11F3N2O. The van der Waals surface area contributed by atoms with E-state index in [0.717, 1.165) is 4.90 Å². The summed E-state index contributed by atoms with van der Waals surface area (Å²) in [5.41, 5.74) is 0.562. The summed E-state index contributed by atoms with van der Waals surface area (Å²) in [6.45, 7) is 0.301. The first-order valence-corrected chi connectivity index (χ1v) is 4.54. The first-order chi connectivity index (χ1) is 7.29. The van der Waals surface area contributed by atoms with Gasteiger partial charge in [0, 0.05) is 14.0 Å². The molecular weight excluding hydrogens is 221 g/mol. The van der Waals surface area contributed by atoms with Gasteiger partial charge in [0.25, 0.3) is 0 Å². The van der Waals surface area contributed by atoms with Crippen LogP contribution < -0.4 is 4.90 Å². The van der Waals surface area contributed by atoms with E-state index in [4.69, 9.17) is 0 Å². The summed E-state index contributed by atoms with van der Waals surface area (Å²) in [6.07, 6.45) is -3.00. The molecule has 0 fully saturated rings. The molecule has 16 heavy (non-hydrogen) atoms. The van der Waals surface area contributed by atoms with Crippen molar-refractivity contribution in [1.29, 1.82) is 0 Å². The molecule has 0 amide bonds. The van der Waals surface area contributed by atoms with E-state index in [9.17, 15) is 18.0 Å². The minimum atomic E-state index is -4.26. The van der Waals surface area contributed by atoms with Crippen molar-refractivity contribution in [3.63, 3.8) is 0 Å². The molecule has 1 aromatic rings. The number of hydrogen-bond donors (Lipinski definition) is 0. The highest BCUT2D eigenvalue weighted by molar-refractivity contribution is 5.92. The third kappa shape index (κ3) is 3.52. The summed E-state index contributed by atoms with van der Waals surface area (Å²) in [6, 6.07) is 2.85. The molecule has 1 heterocycles. The summed E-state index contributed by atoms with van der Waals surface area (Å²) in [7, 11) is 1.32. The van der Waals surface area contributed by atoms with E-state index in [1.54, 1.807) is 0 Å². The molecule has 0 bridgehead atoms. The van der Waals surface area contributed by atoms with Crippen molar-refractivity contribution in [3.8, 4) is 0 Å². The van der Waals surface area contributed by atoms with Gasteiger partial charge in [0.15, 0.2) is 5.78 Å². The van der Waals surface area contributed by atoms with Crippen molar-refractivity contribution < 1.29 is 18.0 Å². The van der Waals surface area contributed by atoms with Gasteiger partial charge in [0.2, 0.25) is 0 Å². The van der Waals surface area contributed by atoms with E-state index in [0.29, 0.717) is 5.69 Å². The van der Waals surface area contributed by atoms with E-state index < -0.39 is 12.7 Å². The number of Topliss-reactive ketones (excluding diaryl/α,β-unsaturated/α-hetero) is 1. The number of carbonyl (C=O) groups is 1. The summed E-state index contributed by atoms with van der Waals surface area (Å²) in [4.78, 5) is 15.7. The van der Waals surface area contributed by atoms with Crippen LogP contribution in [0, 0.1) is 0 Å². The second-order valence-corrected chi connectivity index (χ2v) is 3.43. The Morgan fingerprint density at radius 3 is 2.44 bits per heavy atom. The SMILES string of the molecule is CC(=O)c1ccc(N(C)CC(F)(F)F)cn1. The van der Waals surface area contributed by atoms with Crippen molar-refractivity contribution in [3.05, 3.63) is 24.0 Å². The van der Waals surface area contributed by atoms with Crippen molar-refractivity contribution in [2.24, 2.45) is 0 Å². The largest absolute Gasteiger partial charge is 0.405 e. The Morgan fingerprint density at radius 2 is 2.06 bits per heavy atom. The van der Waals surface area contributed by atoms with Crippen LogP contribution in [0.15, 0.2) is 18.3 Å². The summed E-state index contributed by atoms with van der Waals surface area (Å²) < 4.78 is 36.2. The number of pyridine rings is 1. The molecule has 0 aromatic carbocycles. The van der Waals surface area contributed by atoms with Crippen LogP contribution in [0.25, 0.3) is 0 Å². The van der Waals surface area contributed by atoms with Crippen molar-refractivity contribution in [1.82, 2.24) is 4.98 Å². The lowest BCUT2D eigenvalue weighted by Gasteiger charge is -2.20. The summed E-state index contributed by atoms with van der Waals surface area (Å²) in [5, 5.41) is 0. The molecule has 0 saturated heterocycles. The van der Waals surface area contributed by atoms with Gasteiger partial charge in [-0.25, -0.2) is 0 Å². The van der Waals surface area contributed by atoms with Gasteiger partial charge >= 0.3 is 6.18 Å². The maximum atomic E-state index is 12.1. The lowest BCUT2D eigenvalue weighted by molar-refractivity contribution is -0.119. The third-order valence-corrected chi connectivity index (χ3v) is 1.97. The van der Waals surface area contributed by atoms with Gasteiger partial charge in [0.1, 0.15) is 12.2 Å². The zero-order valence-corrected chi connectivity index (χ0v) is 8.88. The van der Waals surface area contributed by atoms with Gasteiger partial charge in [0.05, 0.1) is 11.9 Å². The van der Waals surface area contributed by atoms with Crippen LogP contribution in [0.4, 0.5) is 18.9 Å². The minimum Gasteiger partial charge on any atom is -0.364 e. The van der Waals surface area contributed by atoms with Crippen LogP contribution in [0.1, 0.15) is 17.4 Å². The molecule has 0 aliphatic rings. The predicted octanol–water partition coefficient (Wildman–Crippen LogP) is 2.28. The molecule has 1 rings (SSSR count). The van der Waals surface area contributed by atoms with E-state index in [1.807, 2.05) is 0 Å². The normalized spacial score (nSPS) is 11.3. The number of rotatable bonds is 3. The Labute approximate surface area is 90.9 Å². The van der Waals surface area contributed by atoms with Gasteiger partial charge in [-0.3, -0.25) is 9.78 Å². The Kier molecular flexibility index (Phi) is 3.51. The Bertz CT molecular complexity index is 373. The fourth-order valence-electron chi connectivity index (χ4n) is 1.18. The molecule has 1 aromatic heterocycles. The molecule has 0 saturated carbocycles. The van der Waals surface area contributed by atoms with E-state index in [2.05, 4.69) is 4.98 Å². The predicted molar refractivity (Wildman–Crippen MR) is 53.6 cm³/mol. The molecule has 0 atom stereocenters. The highest BCUT2D eigenvalue weighted by atomic mass is 19.4. The van der Waals surface area contributed by atoms with Crippen LogP contribution >= 0.6 is 0 Å². The summed E-state index contributed by atoms with van der Waals surface area (Å²) >= 11 is 0. The number of hydrogen-bond acceptors (Lipinski definition) is 3. The quantitative estimate of drug-likeness (QED) is 0.749. The number of carbonyl (C=O) groups excluding carboxylic acids is 1. The van der Waals surface area contributed by atoms with Crippen molar-refractivity contribution >= 4 is 11.5 Å². The fourth-order valence-corrected chi connectivity index (χ4v) is 1.18. The number of halogens is 3. The molecule has 0 radical (unpaired) electrons. The van der Waals surface area contributed by atoms with E-state index in [-0.39, 0.29) is 11.5 Å². The molecule has 0 N–H and O–H groups in total. The smallest absolute Gasteiger partial charge is 0.364 e.